The summed E-state index contributed by atoms with van der Waals surface area (Å²) in [5, 5.41) is 4.36. The summed E-state index contributed by atoms with van der Waals surface area (Å²) in [6.07, 6.45) is 0. The number of amides is 2. The molecule has 0 spiro atoms. The number of thioether (sulfide) groups is 1. The molecular weight excluding hydrogens is 439 g/mol. The molecule has 2 rings (SSSR count). The molecule has 0 heterocycles. The van der Waals surface area contributed by atoms with Gasteiger partial charge >= 0.3 is 0 Å². The third-order valence-corrected chi connectivity index (χ3v) is 6.12. The molecule has 0 saturated heterocycles. The molecule has 0 fully saturated rings. The molecule has 4 nitrogen and oxygen atoms in total. The van der Waals surface area contributed by atoms with Crippen molar-refractivity contribution in [3.8, 4) is 0 Å². The van der Waals surface area contributed by atoms with Crippen LogP contribution in [0, 0.1) is 0 Å². The van der Waals surface area contributed by atoms with Gasteiger partial charge in [0.1, 0.15) is 6.04 Å². The van der Waals surface area contributed by atoms with Gasteiger partial charge in [-0.05, 0) is 42.3 Å². The second-order valence-electron chi connectivity index (χ2n) is 6.13. The second kappa shape index (κ2) is 11.0. The monoisotopic (exact) mass is 458 g/mol. The molecule has 0 saturated carbocycles. The number of nitrogens with zero attached hydrogens (tertiary/aromatic N) is 1. The average Bonchev–Trinajstić information content (AvgIpc) is 2.68. The van der Waals surface area contributed by atoms with E-state index in [1.807, 2.05) is 12.1 Å². The van der Waals surface area contributed by atoms with Crippen molar-refractivity contribution in [3.05, 3.63) is 68.7 Å². The zero-order valence-corrected chi connectivity index (χ0v) is 18.6. The van der Waals surface area contributed by atoms with Crippen molar-refractivity contribution in [2.24, 2.45) is 0 Å². The Kier molecular flexibility index (Phi) is 8.96. The first-order valence-corrected chi connectivity index (χ1v) is 10.9. The highest BCUT2D eigenvalue weighted by Gasteiger charge is 2.25. The summed E-state index contributed by atoms with van der Waals surface area (Å²) in [4.78, 5) is 26.5. The van der Waals surface area contributed by atoms with Crippen LogP contribution in [0.1, 0.15) is 18.1 Å². The van der Waals surface area contributed by atoms with Gasteiger partial charge < -0.3 is 10.2 Å². The lowest BCUT2D eigenvalue weighted by atomic mass is 10.1. The van der Waals surface area contributed by atoms with Crippen molar-refractivity contribution < 1.29 is 9.59 Å². The number of rotatable bonds is 8. The number of nitrogens with one attached hydrogen (secondary N) is 1. The van der Waals surface area contributed by atoms with Crippen LogP contribution in [0.25, 0.3) is 0 Å². The minimum atomic E-state index is -0.599. The lowest BCUT2D eigenvalue weighted by Gasteiger charge is -2.28. The van der Waals surface area contributed by atoms with Crippen LogP contribution < -0.4 is 5.32 Å². The number of carbonyl (C=O) groups excluding carboxylic acids is 2. The van der Waals surface area contributed by atoms with Gasteiger partial charge in [0.05, 0.1) is 5.75 Å². The summed E-state index contributed by atoms with van der Waals surface area (Å²) in [7, 11) is 1.55. The van der Waals surface area contributed by atoms with Gasteiger partial charge in [-0.1, -0.05) is 53.0 Å². The van der Waals surface area contributed by atoms with Crippen LogP contribution in [-0.4, -0.2) is 35.6 Å². The molecule has 2 aromatic carbocycles. The molecule has 1 N–H and O–H groups in total. The van der Waals surface area contributed by atoms with E-state index in [9.17, 15) is 9.59 Å². The fourth-order valence-electron chi connectivity index (χ4n) is 2.57. The van der Waals surface area contributed by atoms with Gasteiger partial charge in [0.15, 0.2) is 0 Å². The highest BCUT2D eigenvalue weighted by molar-refractivity contribution is 7.99. The van der Waals surface area contributed by atoms with Crippen LogP contribution >= 0.6 is 46.6 Å². The van der Waals surface area contributed by atoms with Crippen molar-refractivity contribution in [1.82, 2.24) is 10.2 Å². The van der Waals surface area contributed by atoms with Crippen LogP contribution in [-0.2, 0) is 21.9 Å². The fraction of sp³-hybridized carbons (Fsp3) is 0.300. The topological polar surface area (TPSA) is 49.4 Å². The second-order valence-corrected chi connectivity index (χ2v) is 8.37. The lowest BCUT2D eigenvalue weighted by molar-refractivity contribution is -0.138. The van der Waals surface area contributed by atoms with E-state index in [2.05, 4.69) is 5.32 Å². The third-order valence-electron chi connectivity index (χ3n) is 4.21. The van der Waals surface area contributed by atoms with E-state index in [4.69, 9.17) is 34.8 Å². The molecule has 0 radical (unpaired) electrons. The molecule has 8 heteroatoms. The SMILES string of the molecule is CNC(=O)[C@H](C)N(Cc1ccc(Cl)cc1)C(=O)CSCc1c(Cl)cccc1Cl. The molecular formula is C20H21Cl3N2O2S. The van der Waals surface area contributed by atoms with Gasteiger partial charge in [-0.25, -0.2) is 0 Å². The average molecular weight is 460 g/mol. The van der Waals surface area contributed by atoms with Gasteiger partial charge in [-0.3, -0.25) is 9.59 Å². The van der Waals surface area contributed by atoms with E-state index in [0.717, 1.165) is 11.1 Å². The maximum absolute atomic E-state index is 12.9. The van der Waals surface area contributed by atoms with Gasteiger partial charge in [0, 0.05) is 34.4 Å². The Morgan fingerprint density at radius 1 is 1.07 bits per heavy atom. The van der Waals surface area contributed by atoms with Crippen molar-refractivity contribution in [1.29, 1.82) is 0 Å². The maximum Gasteiger partial charge on any atom is 0.242 e. The lowest BCUT2D eigenvalue weighted by Crippen LogP contribution is -2.47. The minimum absolute atomic E-state index is 0.140. The van der Waals surface area contributed by atoms with Gasteiger partial charge in [-0.15, -0.1) is 11.8 Å². The Morgan fingerprint density at radius 3 is 2.25 bits per heavy atom. The van der Waals surface area contributed by atoms with Crippen LogP contribution in [0.5, 0.6) is 0 Å². The third kappa shape index (κ3) is 6.31. The predicted octanol–water partition coefficient (Wildman–Crippen LogP) is 5.04. The zero-order chi connectivity index (χ0) is 20.7. The number of hydrogen-bond donors (Lipinski definition) is 1. The van der Waals surface area contributed by atoms with Crippen molar-refractivity contribution >= 4 is 58.4 Å². The Morgan fingerprint density at radius 2 is 1.68 bits per heavy atom. The quantitative estimate of drug-likeness (QED) is 0.601. The summed E-state index contributed by atoms with van der Waals surface area (Å²) in [5.41, 5.74) is 1.69. The molecule has 28 heavy (non-hydrogen) atoms. The van der Waals surface area contributed by atoms with E-state index in [0.29, 0.717) is 27.4 Å². The highest BCUT2D eigenvalue weighted by Crippen LogP contribution is 2.28. The van der Waals surface area contributed by atoms with Crippen molar-refractivity contribution in [3.63, 3.8) is 0 Å². The molecule has 150 valence electrons. The highest BCUT2D eigenvalue weighted by atomic mass is 35.5. The summed E-state index contributed by atoms with van der Waals surface area (Å²) >= 11 is 19.7. The van der Waals surface area contributed by atoms with Crippen LogP contribution in [0.4, 0.5) is 0 Å². The first-order chi connectivity index (χ1) is 13.3. The standard InChI is InChI=1S/C20H21Cl3N2O2S/c1-13(20(27)24-2)25(10-14-6-8-15(21)9-7-14)19(26)12-28-11-16-17(22)4-3-5-18(16)23/h3-9,13H,10-12H2,1-2H3,(H,24,27)/t13-/m0/s1. The molecule has 0 aliphatic carbocycles. The van der Waals surface area contributed by atoms with E-state index in [1.165, 1.54) is 11.8 Å². The fourth-order valence-corrected chi connectivity index (χ4v) is 4.34. The number of benzene rings is 2. The van der Waals surface area contributed by atoms with E-state index < -0.39 is 6.04 Å². The molecule has 0 aliphatic rings. The number of carbonyl (C=O) groups is 2. The van der Waals surface area contributed by atoms with Crippen molar-refractivity contribution in [2.45, 2.75) is 25.3 Å². The summed E-state index contributed by atoms with van der Waals surface area (Å²) in [5.74, 6) is 0.352. The molecule has 0 aliphatic heterocycles. The first kappa shape index (κ1) is 22.9. The molecule has 2 aromatic rings. The van der Waals surface area contributed by atoms with Crippen LogP contribution in [0.15, 0.2) is 42.5 Å². The normalized spacial score (nSPS) is 11.8. The smallest absolute Gasteiger partial charge is 0.242 e. The van der Waals surface area contributed by atoms with Gasteiger partial charge in [-0.2, -0.15) is 0 Å². The Hall–Kier alpha value is -1.40. The number of likely N-dealkylation sites (N-methyl/N-ethyl adjacent to an activating group) is 1. The van der Waals surface area contributed by atoms with E-state index >= 15 is 0 Å². The Labute approximate surface area is 184 Å². The van der Waals surface area contributed by atoms with E-state index in [1.54, 1.807) is 49.2 Å². The zero-order valence-electron chi connectivity index (χ0n) is 15.5. The minimum Gasteiger partial charge on any atom is -0.357 e. The predicted molar refractivity (Wildman–Crippen MR) is 118 cm³/mol. The summed E-state index contributed by atoms with van der Waals surface area (Å²) < 4.78 is 0. The molecule has 1 atom stereocenters. The van der Waals surface area contributed by atoms with Crippen molar-refractivity contribution in [2.75, 3.05) is 12.8 Å². The van der Waals surface area contributed by atoms with Crippen LogP contribution in [0.2, 0.25) is 15.1 Å². The Balaban J connectivity index is 2.07. The molecule has 2 amide bonds. The molecule has 0 unspecified atom stereocenters. The molecule has 0 aromatic heterocycles. The maximum atomic E-state index is 12.9. The number of halogens is 3. The van der Waals surface area contributed by atoms with E-state index in [-0.39, 0.29) is 17.6 Å². The first-order valence-electron chi connectivity index (χ1n) is 8.59. The van der Waals surface area contributed by atoms with Gasteiger partial charge in [0.2, 0.25) is 11.8 Å². The summed E-state index contributed by atoms with van der Waals surface area (Å²) in [6, 6.07) is 11.9. The van der Waals surface area contributed by atoms with Gasteiger partial charge in [0.25, 0.3) is 0 Å². The molecule has 0 bridgehead atoms. The summed E-state index contributed by atoms with van der Waals surface area (Å²) in [6.45, 7) is 2.03. The van der Waals surface area contributed by atoms with Crippen LogP contribution in [0.3, 0.4) is 0 Å². The largest absolute Gasteiger partial charge is 0.357 e. The number of hydrogen-bond acceptors (Lipinski definition) is 3. The Bertz CT molecular complexity index is 810.